The van der Waals surface area contributed by atoms with E-state index in [0.29, 0.717) is 23.5 Å². The summed E-state index contributed by atoms with van der Waals surface area (Å²) in [6.45, 7) is 1.06. The molecule has 2 aromatic rings. The highest BCUT2D eigenvalue weighted by atomic mass is 32.1. The predicted molar refractivity (Wildman–Crippen MR) is 75.3 cm³/mol. The minimum absolute atomic E-state index is 0.138. The van der Waals surface area contributed by atoms with Crippen molar-refractivity contribution >= 4 is 17.2 Å². The largest absolute Gasteiger partial charge is 0.384 e. The SMILES string of the molecule is O=C(NCCCn1ccnn1)c1sccc1C#CCO. The number of hydrogen-bond donors (Lipinski definition) is 2. The number of nitrogens with zero attached hydrogens (tertiary/aromatic N) is 3. The molecule has 2 rings (SSSR count). The maximum Gasteiger partial charge on any atom is 0.262 e. The van der Waals surface area contributed by atoms with Crippen LogP contribution in [0.4, 0.5) is 0 Å². The van der Waals surface area contributed by atoms with Crippen molar-refractivity contribution in [3.8, 4) is 11.8 Å². The highest BCUT2D eigenvalue weighted by molar-refractivity contribution is 7.12. The lowest BCUT2D eigenvalue weighted by atomic mass is 10.2. The number of amides is 1. The Kier molecular flexibility index (Phi) is 5.29. The molecule has 20 heavy (non-hydrogen) atoms. The summed E-state index contributed by atoms with van der Waals surface area (Å²) < 4.78 is 1.72. The normalized spacial score (nSPS) is 9.85. The van der Waals surface area contributed by atoms with Crippen molar-refractivity contribution in [3.63, 3.8) is 0 Å². The van der Waals surface area contributed by atoms with Gasteiger partial charge < -0.3 is 10.4 Å². The number of rotatable bonds is 5. The number of carbonyl (C=O) groups is 1. The van der Waals surface area contributed by atoms with Crippen molar-refractivity contribution in [1.82, 2.24) is 20.3 Å². The molecule has 0 aromatic carbocycles. The third-order valence-electron chi connectivity index (χ3n) is 2.50. The van der Waals surface area contributed by atoms with Crippen LogP contribution in [0.15, 0.2) is 23.8 Å². The molecule has 0 saturated carbocycles. The minimum atomic E-state index is -0.213. The Bertz CT molecular complexity index is 610. The van der Waals surface area contributed by atoms with E-state index in [-0.39, 0.29) is 12.5 Å². The molecule has 0 saturated heterocycles. The van der Waals surface area contributed by atoms with Gasteiger partial charge in [-0.2, -0.15) is 0 Å². The van der Waals surface area contributed by atoms with Crippen LogP contribution in [0.3, 0.4) is 0 Å². The van der Waals surface area contributed by atoms with Gasteiger partial charge in [0.05, 0.1) is 6.20 Å². The Hall–Kier alpha value is -2.17. The Labute approximate surface area is 120 Å². The average molecular weight is 290 g/mol. The van der Waals surface area contributed by atoms with E-state index in [4.69, 9.17) is 5.11 Å². The van der Waals surface area contributed by atoms with Gasteiger partial charge in [0.25, 0.3) is 5.91 Å². The lowest BCUT2D eigenvalue weighted by Crippen LogP contribution is -2.25. The van der Waals surface area contributed by atoms with Gasteiger partial charge in [-0.15, -0.1) is 16.4 Å². The van der Waals surface area contributed by atoms with Crippen molar-refractivity contribution in [3.05, 3.63) is 34.3 Å². The molecule has 0 radical (unpaired) electrons. The molecule has 0 atom stereocenters. The lowest BCUT2D eigenvalue weighted by Gasteiger charge is -2.04. The lowest BCUT2D eigenvalue weighted by molar-refractivity contribution is 0.0956. The maximum absolute atomic E-state index is 12.0. The summed E-state index contributed by atoms with van der Waals surface area (Å²) in [5.41, 5.74) is 0.651. The van der Waals surface area contributed by atoms with E-state index in [1.165, 1.54) is 11.3 Å². The number of aliphatic hydroxyl groups is 1. The minimum Gasteiger partial charge on any atom is -0.384 e. The van der Waals surface area contributed by atoms with Crippen LogP contribution in [0.2, 0.25) is 0 Å². The number of thiophene rings is 1. The zero-order chi connectivity index (χ0) is 14.2. The molecule has 2 heterocycles. The van der Waals surface area contributed by atoms with Crippen molar-refractivity contribution in [1.29, 1.82) is 0 Å². The standard InChI is InChI=1S/C13H14N4O2S/c18-9-1-3-11-4-10-20-12(11)13(19)14-5-2-7-17-8-6-15-16-17/h4,6,8,10,18H,2,5,7,9H2,(H,14,19). The Morgan fingerprint density at radius 2 is 2.45 bits per heavy atom. The molecule has 0 bridgehead atoms. The van der Waals surface area contributed by atoms with E-state index < -0.39 is 0 Å². The number of aromatic nitrogens is 3. The van der Waals surface area contributed by atoms with Crippen LogP contribution in [-0.2, 0) is 6.54 Å². The van der Waals surface area contributed by atoms with E-state index in [9.17, 15) is 4.79 Å². The molecule has 0 fully saturated rings. The molecule has 1 amide bonds. The summed E-state index contributed by atoms with van der Waals surface area (Å²) in [7, 11) is 0. The number of nitrogens with one attached hydrogen (secondary N) is 1. The third kappa shape index (κ3) is 3.91. The van der Waals surface area contributed by atoms with E-state index in [0.717, 1.165) is 6.42 Å². The van der Waals surface area contributed by atoms with Gasteiger partial charge >= 0.3 is 0 Å². The third-order valence-corrected chi connectivity index (χ3v) is 3.41. The molecule has 0 spiro atoms. The van der Waals surface area contributed by atoms with Gasteiger partial charge in [0.15, 0.2) is 0 Å². The summed E-state index contributed by atoms with van der Waals surface area (Å²) in [5.74, 6) is 5.17. The monoisotopic (exact) mass is 290 g/mol. The fraction of sp³-hybridized carbons (Fsp3) is 0.308. The molecule has 0 aliphatic rings. The first-order valence-electron chi connectivity index (χ1n) is 6.11. The number of aryl methyl sites for hydroxylation is 1. The van der Waals surface area contributed by atoms with Crippen molar-refractivity contribution in [2.24, 2.45) is 0 Å². The van der Waals surface area contributed by atoms with Gasteiger partial charge in [-0.3, -0.25) is 9.48 Å². The molecule has 104 valence electrons. The zero-order valence-corrected chi connectivity index (χ0v) is 11.6. The van der Waals surface area contributed by atoms with Gasteiger partial charge in [-0.25, -0.2) is 0 Å². The fourth-order valence-electron chi connectivity index (χ4n) is 1.59. The second-order valence-electron chi connectivity index (χ2n) is 3.90. The van der Waals surface area contributed by atoms with Crippen molar-refractivity contribution in [2.45, 2.75) is 13.0 Å². The van der Waals surface area contributed by atoms with Crippen LogP contribution in [0, 0.1) is 11.8 Å². The van der Waals surface area contributed by atoms with Crippen LogP contribution in [0.1, 0.15) is 21.7 Å². The molecule has 0 aliphatic heterocycles. The van der Waals surface area contributed by atoms with Gasteiger partial charge in [0.1, 0.15) is 11.5 Å². The Morgan fingerprint density at radius 3 is 3.20 bits per heavy atom. The predicted octanol–water partition coefficient (Wildman–Crippen LogP) is 0.503. The van der Waals surface area contributed by atoms with Crippen molar-refractivity contribution < 1.29 is 9.90 Å². The Balaban J connectivity index is 1.81. The second-order valence-corrected chi connectivity index (χ2v) is 4.81. The molecule has 0 unspecified atom stereocenters. The summed E-state index contributed by atoms with van der Waals surface area (Å²) in [6, 6.07) is 1.78. The summed E-state index contributed by atoms with van der Waals surface area (Å²) >= 11 is 1.34. The molecule has 0 aliphatic carbocycles. The average Bonchev–Trinajstić information content (AvgIpc) is 3.12. The second kappa shape index (κ2) is 7.43. The van der Waals surface area contributed by atoms with Crippen LogP contribution < -0.4 is 5.32 Å². The van der Waals surface area contributed by atoms with Crippen LogP contribution in [0.25, 0.3) is 0 Å². The summed E-state index contributed by atoms with van der Waals surface area (Å²) in [6.07, 6.45) is 4.18. The van der Waals surface area contributed by atoms with Gasteiger partial charge in [0.2, 0.25) is 0 Å². The molecule has 6 nitrogen and oxygen atoms in total. The highest BCUT2D eigenvalue weighted by Crippen LogP contribution is 2.15. The van der Waals surface area contributed by atoms with E-state index in [1.807, 2.05) is 5.38 Å². The molecule has 2 aromatic heterocycles. The van der Waals surface area contributed by atoms with E-state index in [2.05, 4.69) is 27.5 Å². The maximum atomic E-state index is 12.0. The topological polar surface area (TPSA) is 80.0 Å². The quantitative estimate of drug-likeness (QED) is 0.621. The first kappa shape index (κ1) is 14.2. The van der Waals surface area contributed by atoms with E-state index in [1.54, 1.807) is 23.1 Å². The molecular weight excluding hydrogens is 276 g/mol. The fourth-order valence-corrected chi connectivity index (χ4v) is 2.36. The smallest absolute Gasteiger partial charge is 0.262 e. The Morgan fingerprint density at radius 1 is 1.55 bits per heavy atom. The van der Waals surface area contributed by atoms with Gasteiger partial charge in [-0.1, -0.05) is 17.1 Å². The van der Waals surface area contributed by atoms with Crippen LogP contribution in [-0.4, -0.2) is 39.2 Å². The van der Waals surface area contributed by atoms with Crippen molar-refractivity contribution in [2.75, 3.05) is 13.2 Å². The number of hydrogen-bond acceptors (Lipinski definition) is 5. The summed E-state index contributed by atoms with van der Waals surface area (Å²) in [4.78, 5) is 12.6. The van der Waals surface area contributed by atoms with Gasteiger partial charge in [0, 0.05) is 24.8 Å². The van der Waals surface area contributed by atoms with Gasteiger partial charge in [-0.05, 0) is 17.9 Å². The summed E-state index contributed by atoms with van der Waals surface area (Å²) in [5, 5.41) is 20.9. The first-order valence-corrected chi connectivity index (χ1v) is 6.98. The van der Waals surface area contributed by atoms with E-state index >= 15 is 0 Å². The first-order chi connectivity index (χ1) is 9.81. The molecule has 7 heteroatoms. The molecule has 2 N–H and O–H groups in total. The number of aliphatic hydroxyl groups excluding tert-OH is 1. The van der Waals surface area contributed by atoms with Crippen LogP contribution >= 0.6 is 11.3 Å². The highest BCUT2D eigenvalue weighted by Gasteiger charge is 2.11. The number of carbonyl (C=O) groups excluding carboxylic acids is 1. The van der Waals surface area contributed by atoms with Crippen LogP contribution in [0.5, 0.6) is 0 Å². The molecular formula is C13H14N4O2S. The zero-order valence-electron chi connectivity index (χ0n) is 10.7.